The van der Waals surface area contributed by atoms with E-state index < -0.39 is 35.2 Å². The quantitative estimate of drug-likeness (QED) is 0.359. The molecular weight excluding hydrogens is 500 g/mol. The van der Waals surface area contributed by atoms with Crippen molar-refractivity contribution in [3.63, 3.8) is 0 Å². The van der Waals surface area contributed by atoms with Crippen LogP contribution in [0.25, 0.3) is 11.3 Å². The molecule has 0 saturated carbocycles. The summed E-state index contributed by atoms with van der Waals surface area (Å²) in [7, 11) is 0. The Bertz CT molecular complexity index is 1220. The SMILES string of the molecule is CC1CCN(c2ccc(-c3cccc(NC(=O)Nc4cc(C(F)(F)F)cc(C(F)(F)F)c4)c3)nn2)CC1. The summed E-state index contributed by atoms with van der Waals surface area (Å²) in [6.07, 6.45) is -7.88. The van der Waals surface area contributed by atoms with Crippen molar-refractivity contribution in [3.05, 3.63) is 65.7 Å². The Balaban J connectivity index is 1.46. The zero-order valence-corrected chi connectivity index (χ0v) is 19.6. The highest BCUT2D eigenvalue weighted by Crippen LogP contribution is 2.37. The number of carbonyl (C=O) groups excluding carboxylic acids is 1. The Morgan fingerprint density at radius 3 is 2.03 bits per heavy atom. The highest BCUT2D eigenvalue weighted by atomic mass is 19.4. The number of hydrogen-bond acceptors (Lipinski definition) is 4. The van der Waals surface area contributed by atoms with Crippen molar-refractivity contribution in [1.29, 1.82) is 0 Å². The van der Waals surface area contributed by atoms with Crippen LogP contribution in [0.5, 0.6) is 0 Å². The third-order valence-corrected chi connectivity index (χ3v) is 6.02. The van der Waals surface area contributed by atoms with Gasteiger partial charge in [-0.05, 0) is 61.2 Å². The molecule has 196 valence electrons. The first kappa shape index (κ1) is 26.2. The van der Waals surface area contributed by atoms with Gasteiger partial charge in [-0.25, -0.2) is 4.79 Å². The molecule has 2 N–H and O–H groups in total. The van der Waals surface area contributed by atoms with Crippen molar-refractivity contribution in [2.45, 2.75) is 32.1 Å². The molecule has 0 aliphatic carbocycles. The highest BCUT2D eigenvalue weighted by molar-refractivity contribution is 6.00. The summed E-state index contributed by atoms with van der Waals surface area (Å²) in [5, 5.41) is 13.0. The van der Waals surface area contributed by atoms with Crippen LogP contribution in [-0.2, 0) is 12.4 Å². The molecule has 2 amide bonds. The molecule has 3 aromatic rings. The summed E-state index contributed by atoms with van der Waals surface area (Å²) in [4.78, 5) is 14.5. The molecule has 0 bridgehead atoms. The Kier molecular flexibility index (Phi) is 7.28. The second-order valence-corrected chi connectivity index (χ2v) is 8.90. The average molecular weight is 523 g/mol. The van der Waals surface area contributed by atoms with Crippen LogP contribution in [0.2, 0.25) is 0 Å². The van der Waals surface area contributed by atoms with Gasteiger partial charge < -0.3 is 15.5 Å². The highest BCUT2D eigenvalue weighted by Gasteiger charge is 2.37. The van der Waals surface area contributed by atoms with E-state index in [1.165, 1.54) is 6.07 Å². The van der Waals surface area contributed by atoms with Crippen LogP contribution in [0.4, 0.5) is 48.3 Å². The van der Waals surface area contributed by atoms with Crippen LogP contribution in [0.1, 0.15) is 30.9 Å². The Hall–Kier alpha value is -3.83. The smallest absolute Gasteiger partial charge is 0.355 e. The molecule has 0 spiro atoms. The molecule has 0 unspecified atom stereocenters. The lowest BCUT2D eigenvalue weighted by Crippen LogP contribution is -2.33. The van der Waals surface area contributed by atoms with Gasteiger partial charge in [-0.15, -0.1) is 10.2 Å². The lowest BCUT2D eigenvalue weighted by atomic mass is 9.99. The van der Waals surface area contributed by atoms with Crippen molar-refractivity contribution in [3.8, 4) is 11.3 Å². The molecule has 4 rings (SSSR count). The maximum absolute atomic E-state index is 13.1. The van der Waals surface area contributed by atoms with E-state index in [2.05, 4.69) is 27.3 Å². The minimum Gasteiger partial charge on any atom is -0.355 e. The van der Waals surface area contributed by atoms with Gasteiger partial charge in [-0.1, -0.05) is 19.1 Å². The Labute approximate surface area is 208 Å². The Morgan fingerprint density at radius 2 is 1.46 bits per heavy atom. The summed E-state index contributed by atoms with van der Waals surface area (Å²) in [6.45, 7) is 4.02. The number of piperidine rings is 1. The molecule has 6 nitrogen and oxygen atoms in total. The van der Waals surface area contributed by atoms with E-state index >= 15 is 0 Å². The van der Waals surface area contributed by atoms with E-state index in [1.807, 2.05) is 11.4 Å². The van der Waals surface area contributed by atoms with Crippen LogP contribution in [0.3, 0.4) is 0 Å². The Morgan fingerprint density at radius 1 is 0.838 bits per heavy atom. The summed E-state index contributed by atoms with van der Waals surface area (Å²) >= 11 is 0. The van der Waals surface area contributed by atoms with E-state index in [9.17, 15) is 31.1 Å². The van der Waals surface area contributed by atoms with Crippen LogP contribution in [0.15, 0.2) is 54.6 Å². The molecule has 1 saturated heterocycles. The predicted molar refractivity (Wildman–Crippen MR) is 127 cm³/mol. The summed E-state index contributed by atoms with van der Waals surface area (Å²) in [6, 6.07) is 9.95. The third-order valence-electron chi connectivity index (χ3n) is 6.02. The fraction of sp³-hybridized carbons (Fsp3) is 0.320. The van der Waals surface area contributed by atoms with Crippen LogP contribution in [-0.4, -0.2) is 29.3 Å². The van der Waals surface area contributed by atoms with Crippen molar-refractivity contribution in [2.75, 3.05) is 28.6 Å². The monoisotopic (exact) mass is 523 g/mol. The molecular formula is C25H23F6N5O. The van der Waals surface area contributed by atoms with Gasteiger partial charge in [-0.3, -0.25) is 0 Å². The normalized spacial score (nSPS) is 14.9. The van der Waals surface area contributed by atoms with Gasteiger partial charge in [-0.2, -0.15) is 26.3 Å². The van der Waals surface area contributed by atoms with E-state index in [0.717, 1.165) is 31.7 Å². The third kappa shape index (κ3) is 6.69. The number of hydrogen-bond donors (Lipinski definition) is 2. The predicted octanol–water partition coefficient (Wildman–Crippen LogP) is 7.06. The number of amides is 2. The summed E-state index contributed by atoms with van der Waals surface area (Å²) in [5.74, 6) is 1.44. The molecule has 2 heterocycles. The number of anilines is 3. The van der Waals surface area contributed by atoms with E-state index in [0.29, 0.717) is 29.3 Å². The van der Waals surface area contributed by atoms with Crippen molar-refractivity contribution in [1.82, 2.24) is 10.2 Å². The van der Waals surface area contributed by atoms with Gasteiger partial charge in [0.15, 0.2) is 5.82 Å². The minimum absolute atomic E-state index is 0.00926. The number of aromatic nitrogens is 2. The topological polar surface area (TPSA) is 70.2 Å². The number of nitrogens with one attached hydrogen (secondary N) is 2. The summed E-state index contributed by atoms with van der Waals surface area (Å²) in [5.41, 5.74) is -2.30. The van der Waals surface area contributed by atoms with Crippen LogP contribution < -0.4 is 15.5 Å². The molecule has 1 aromatic heterocycles. The first-order valence-corrected chi connectivity index (χ1v) is 11.4. The first-order chi connectivity index (χ1) is 17.4. The second-order valence-electron chi connectivity index (χ2n) is 8.90. The molecule has 0 atom stereocenters. The zero-order valence-electron chi connectivity index (χ0n) is 19.6. The molecule has 2 aromatic carbocycles. The molecule has 37 heavy (non-hydrogen) atoms. The fourth-order valence-corrected chi connectivity index (χ4v) is 3.96. The maximum Gasteiger partial charge on any atom is 0.416 e. The van der Waals surface area contributed by atoms with Gasteiger partial charge in [0.1, 0.15) is 0 Å². The number of rotatable bonds is 4. The minimum atomic E-state index is -5.02. The van der Waals surface area contributed by atoms with Crippen molar-refractivity contribution < 1.29 is 31.1 Å². The number of benzene rings is 2. The lowest BCUT2D eigenvalue weighted by molar-refractivity contribution is -0.143. The van der Waals surface area contributed by atoms with Gasteiger partial charge in [0.2, 0.25) is 0 Å². The number of urea groups is 1. The van der Waals surface area contributed by atoms with E-state index in [1.54, 1.807) is 24.3 Å². The van der Waals surface area contributed by atoms with Gasteiger partial charge in [0, 0.05) is 30.0 Å². The van der Waals surface area contributed by atoms with E-state index in [4.69, 9.17) is 0 Å². The van der Waals surface area contributed by atoms with Gasteiger partial charge in [0.25, 0.3) is 0 Å². The van der Waals surface area contributed by atoms with Crippen LogP contribution in [0, 0.1) is 5.92 Å². The standard InChI is InChI=1S/C25H23F6N5O/c1-15-7-9-36(10-8-15)22-6-5-21(34-35-22)16-3-2-4-19(11-16)32-23(37)33-20-13-17(24(26,27)28)12-18(14-20)25(29,30)31/h2-6,11-15H,7-10H2,1H3,(H2,32,33,37). The fourth-order valence-electron chi connectivity index (χ4n) is 3.96. The molecule has 1 aliphatic rings. The number of halogens is 6. The number of alkyl halides is 6. The van der Waals surface area contributed by atoms with Gasteiger partial charge >= 0.3 is 18.4 Å². The molecule has 1 aliphatic heterocycles. The molecule has 12 heteroatoms. The number of nitrogens with zero attached hydrogens (tertiary/aromatic N) is 3. The second kappa shape index (κ2) is 10.3. The summed E-state index contributed by atoms with van der Waals surface area (Å²) < 4.78 is 78.4. The lowest BCUT2D eigenvalue weighted by Gasteiger charge is -2.30. The van der Waals surface area contributed by atoms with Crippen molar-refractivity contribution in [2.24, 2.45) is 5.92 Å². The zero-order chi connectivity index (χ0) is 26.8. The first-order valence-electron chi connectivity index (χ1n) is 11.4. The average Bonchev–Trinajstić information content (AvgIpc) is 2.83. The number of carbonyl (C=O) groups is 1. The van der Waals surface area contributed by atoms with Crippen LogP contribution >= 0.6 is 0 Å². The largest absolute Gasteiger partial charge is 0.416 e. The van der Waals surface area contributed by atoms with E-state index in [-0.39, 0.29) is 11.8 Å². The van der Waals surface area contributed by atoms with Crippen molar-refractivity contribution >= 4 is 23.2 Å². The molecule has 1 fully saturated rings. The van der Waals surface area contributed by atoms with Gasteiger partial charge in [0.05, 0.1) is 16.8 Å². The molecule has 0 radical (unpaired) electrons. The maximum atomic E-state index is 13.1.